The second-order valence-electron chi connectivity index (χ2n) is 4.73. The molecule has 0 bridgehead atoms. The first-order valence-corrected chi connectivity index (χ1v) is 7.00. The molecule has 0 unspecified atom stereocenters. The maximum absolute atomic E-state index is 2.57. The van der Waals surface area contributed by atoms with Crippen molar-refractivity contribution in [3.63, 3.8) is 0 Å². The first-order valence-electron chi connectivity index (χ1n) is 7.00. The van der Waals surface area contributed by atoms with Crippen LogP contribution < -0.4 is 0 Å². The standard InChI is InChI=1S/C11H23N.C3H8/c1-3-5-6-11-7-9-12(4-2)10-8-11;1-3-2/h11H,3-10H2,1-2H3;3H2,1-2H3. The van der Waals surface area contributed by atoms with Crippen LogP contribution in [-0.2, 0) is 0 Å². The first-order chi connectivity index (χ1) is 7.28. The van der Waals surface area contributed by atoms with Gasteiger partial charge in [-0.05, 0) is 38.4 Å². The zero-order valence-electron chi connectivity index (χ0n) is 11.4. The van der Waals surface area contributed by atoms with E-state index in [1.807, 2.05) is 0 Å². The lowest BCUT2D eigenvalue weighted by Crippen LogP contribution is -2.33. The van der Waals surface area contributed by atoms with Crippen LogP contribution in [0.1, 0.15) is 66.2 Å². The summed E-state index contributed by atoms with van der Waals surface area (Å²) < 4.78 is 0. The Morgan fingerprint density at radius 1 is 1.00 bits per heavy atom. The van der Waals surface area contributed by atoms with Crippen LogP contribution in [0.2, 0.25) is 0 Å². The summed E-state index contributed by atoms with van der Waals surface area (Å²) in [6, 6.07) is 0. The summed E-state index contributed by atoms with van der Waals surface area (Å²) in [5.74, 6) is 1.05. The topological polar surface area (TPSA) is 3.24 Å². The highest BCUT2D eigenvalue weighted by atomic mass is 15.1. The number of hydrogen-bond acceptors (Lipinski definition) is 1. The molecule has 0 aromatic carbocycles. The van der Waals surface area contributed by atoms with Crippen molar-refractivity contribution in [2.45, 2.75) is 66.2 Å². The van der Waals surface area contributed by atoms with Gasteiger partial charge in [0.1, 0.15) is 0 Å². The van der Waals surface area contributed by atoms with Crippen molar-refractivity contribution in [3.05, 3.63) is 0 Å². The van der Waals surface area contributed by atoms with Crippen LogP contribution in [-0.4, -0.2) is 24.5 Å². The van der Waals surface area contributed by atoms with Crippen LogP contribution in [0.3, 0.4) is 0 Å². The lowest BCUT2D eigenvalue weighted by molar-refractivity contribution is 0.185. The van der Waals surface area contributed by atoms with Gasteiger partial charge in [0.05, 0.1) is 0 Å². The minimum absolute atomic E-state index is 1.05. The second-order valence-corrected chi connectivity index (χ2v) is 4.73. The number of likely N-dealkylation sites (tertiary alicyclic amines) is 1. The van der Waals surface area contributed by atoms with Crippen molar-refractivity contribution >= 4 is 0 Å². The van der Waals surface area contributed by atoms with Crippen molar-refractivity contribution in [2.24, 2.45) is 5.92 Å². The molecule has 1 rings (SSSR count). The Labute approximate surface area is 97.2 Å². The van der Waals surface area contributed by atoms with E-state index in [1.165, 1.54) is 58.2 Å². The van der Waals surface area contributed by atoms with Crippen LogP contribution in [0.5, 0.6) is 0 Å². The van der Waals surface area contributed by atoms with Gasteiger partial charge in [-0.15, -0.1) is 0 Å². The fraction of sp³-hybridized carbons (Fsp3) is 1.00. The Morgan fingerprint density at radius 3 is 1.93 bits per heavy atom. The van der Waals surface area contributed by atoms with Crippen LogP contribution in [0.4, 0.5) is 0 Å². The molecule has 92 valence electrons. The Kier molecular flexibility index (Phi) is 10.4. The zero-order chi connectivity index (χ0) is 11.5. The molecular weight excluding hydrogens is 182 g/mol. The second kappa shape index (κ2) is 10.5. The van der Waals surface area contributed by atoms with Crippen molar-refractivity contribution in [3.8, 4) is 0 Å². The van der Waals surface area contributed by atoms with Gasteiger partial charge in [-0.3, -0.25) is 0 Å². The molecule has 0 aromatic heterocycles. The van der Waals surface area contributed by atoms with E-state index in [0.717, 1.165) is 5.92 Å². The van der Waals surface area contributed by atoms with Crippen LogP contribution in [0.15, 0.2) is 0 Å². The smallest absolute Gasteiger partial charge is 0.00162 e. The van der Waals surface area contributed by atoms with Crippen molar-refractivity contribution < 1.29 is 0 Å². The van der Waals surface area contributed by atoms with Crippen molar-refractivity contribution in [2.75, 3.05) is 19.6 Å². The molecule has 1 saturated heterocycles. The van der Waals surface area contributed by atoms with E-state index >= 15 is 0 Å². The fourth-order valence-corrected chi connectivity index (χ4v) is 2.08. The largest absolute Gasteiger partial charge is 0.304 e. The molecule has 0 aliphatic carbocycles. The summed E-state index contributed by atoms with van der Waals surface area (Å²) in [5.41, 5.74) is 0. The van der Waals surface area contributed by atoms with Gasteiger partial charge in [0.25, 0.3) is 0 Å². The van der Waals surface area contributed by atoms with Gasteiger partial charge in [-0.1, -0.05) is 53.4 Å². The molecule has 0 aromatic rings. The van der Waals surface area contributed by atoms with Gasteiger partial charge in [0.15, 0.2) is 0 Å². The lowest BCUT2D eigenvalue weighted by atomic mass is 9.92. The molecule has 1 heteroatoms. The third-order valence-corrected chi connectivity index (χ3v) is 3.12. The summed E-state index contributed by atoms with van der Waals surface area (Å²) >= 11 is 0. The lowest BCUT2D eigenvalue weighted by Gasteiger charge is -2.30. The number of hydrogen-bond donors (Lipinski definition) is 0. The summed E-state index contributed by atoms with van der Waals surface area (Å²) in [7, 11) is 0. The maximum atomic E-state index is 2.57. The van der Waals surface area contributed by atoms with Gasteiger partial charge in [0, 0.05) is 0 Å². The maximum Gasteiger partial charge on any atom is -0.00162 e. The molecule has 15 heavy (non-hydrogen) atoms. The molecule has 0 saturated carbocycles. The minimum atomic E-state index is 1.05. The van der Waals surface area contributed by atoms with Gasteiger partial charge < -0.3 is 4.90 Å². The van der Waals surface area contributed by atoms with Gasteiger partial charge in [-0.25, -0.2) is 0 Å². The number of unbranched alkanes of at least 4 members (excludes halogenated alkanes) is 1. The molecule has 1 aliphatic heterocycles. The molecule has 1 heterocycles. The molecule has 0 N–H and O–H groups in total. The SMILES string of the molecule is CCC.CCCCC1CCN(CC)CC1. The van der Waals surface area contributed by atoms with Crippen LogP contribution in [0, 0.1) is 5.92 Å². The van der Waals surface area contributed by atoms with E-state index in [4.69, 9.17) is 0 Å². The highest BCUT2D eigenvalue weighted by Crippen LogP contribution is 2.21. The molecule has 0 spiro atoms. The molecule has 0 atom stereocenters. The Balaban J connectivity index is 0.000000583. The van der Waals surface area contributed by atoms with E-state index < -0.39 is 0 Å². The highest BCUT2D eigenvalue weighted by Gasteiger charge is 2.16. The number of nitrogens with zero attached hydrogens (tertiary/aromatic N) is 1. The average molecular weight is 213 g/mol. The first kappa shape index (κ1) is 15.0. The zero-order valence-corrected chi connectivity index (χ0v) is 11.4. The molecule has 0 radical (unpaired) electrons. The highest BCUT2D eigenvalue weighted by molar-refractivity contribution is 4.70. The van der Waals surface area contributed by atoms with E-state index in [1.54, 1.807) is 0 Å². The Hall–Kier alpha value is -0.0400. The Bertz CT molecular complexity index is 115. The molecular formula is C14H31N. The number of rotatable bonds is 4. The average Bonchev–Trinajstić information content (AvgIpc) is 2.28. The normalized spacial score (nSPS) is 18.4. The third-order valence-electron chi connectivity index (χ3n) is 3.12. The monoisotopic (exact) mass is 213 g/mol. The fourth-order valence-electron chi connectivity index (χ4n) is 2.08. The van der Waals surface area contributed by atoms with E-state index in [0.29, 0.717) is 0 Å². The molecule has 1 nitrogen and oxygen atoms in total. The van der Waals surface area contributed by atoms with E-state index in [2.05, 4.69) is 32.6 Å². The minimum Gasteiger partial charge on any atom is -0.304 e. The van der Waals surface area contributed by atoms with E-state index in [-0.39, 0.29) is 0 Å². The predicted octanol–water partition coefficient (Wildman–Crippen LogP) is 4.32. The predicted molar refractivity (Wildman–Crippen MR) is 70.3 cm³/mol. The van der Waals surface area contributed by atoms with Crippen LogP contribution >= 0.6 is 0 Å². The third kappa shape index (κ3) is 7.84. The Morgan fingerprint density at radius 2 is 1.53 bits per heavy atom. The van der Waals surface area contributed by atoms with Gasteiger partial charge >= 0.3 is 0 Å². The number of piperidine rings is 1. The molecule has 1 aliphatic rings. The van der Waals surface area contributed by atoms with Gasteiger partial charge in [0.2, 0.25) is 0 Å². The summed E-state index contributed by atoms with van der Waals surface area (Å²) in [6.07, 6.45) is 8.44. The summed E-state index contributed by atoms with van der Waals surface area (Å²) in [5, 5.41) is 0. The summed E-state index contributed by atoms with van der Waals surface area (Å²) in [6.45, 7) is 12.8. The van der Waals surface area contributed by atoms with E-state index in [9.17, 15) is 0 Å². The summed E-state index contributed by atoms with van der Waals surface area (Å²) in [4.78, 5) is 2.57. The van der Waals surface area contributed by atoms with Crippen LogP contribution in [0.25, 0.3) is 0 Å². The van der Waals surface area contributed by atoms with Gasteiger partial charge in [-0.2, -0.15) is 0 Å². The molecule has 1 fully saturated rings. The van der Waals surface area contributed by atoms with Crippen molar-refractivity contribution in [1.29, 1.82) is 0 Å². The quantitative estimate of drug-likeness (QED) is 0.672. The molecule has 0 amide bonds. The van der Waals surface area contributed by atoms with Crippen molar-refractivity contribution in [1.82, 2.24) is 4.90 Å².